The molecule has 0 N–H and O–H groups in total. The van der Waals surface area contributed by atoms with Crippen LogP contribution in [0.3, 0.4) is 0 Å². The van der Waals surface area contributed by atoms with Gasteiger partial charge in [0.05, 0.1) is 11.2 Å². The van der Waals surface area contributed by atoms with Gasteiger partial charge >= 0.3 is 7.12 Å². The van der Waals surface area contributed by atoms with Gasteiger partial charge in [-0.05, 0) is 109 Å². The molecule has 1 aliphatic heterocycles. The molecule has 0 bridgehead atoms. The van der Waals surface area contributed by atoms with E-state index in [-0.39, 0.29) is 18.3 Å². The lowest BCUT2D eigenvalue weighted by Crippen LogP contribution is -2.41. The predicted octanol–water partition coefficient (Wildman–Crippen LogP) is 22.1. The van der Waals surface area contributed by atoms with Crippen molar-refractivity contribution in [1.29, 1.82) is 0 Å². The van der Waals surface area contributed by atoms with Crippen molar-refractivity contribution in [3.63, 3.8) is 0 Å². The number of benzene rings is 12. The summed E-state index contributed by atoms with van der Waals surface area (Å²) in [5.41, 5.74) is 13.4. The van der Waals surface area contributed by atoms with Gasteiger partial charge in [0.25, 0.3) is 0 Å². The summed E-state index contributed by atoms with van der Waals surface area (Å²) in [5, 5.41) is 5.96. The second kappa shape index (κ2) is 26.6. The molecule has 1 aliphatic rings. The number of hydrogen-bond donors (Lipinski definition) is 0. The molecule has 0 spiro atoms. The average Bonchev–Trinajstić information content (AvgIpc) is 1.74. The molecule has 4 aromatic heterocycles. The lowest BCUT2D eigenvalue weighted by molar-refractivity contribution is 0.00578. The van der Waals surface area contributed by atoms with Crippen LogP contribution in [0.25, 0.3) is 142 Å². The van der Waals surface area contributed by atoms with Gasteiger partial charge in [-0.3, -0.25) is 0 Å². The molecule has 0 atom stereocenters. The molecule has 96 heavy (non-hydrogen) atoms. The fourth-order valence-corrected chi connectivity index (χ4v) is 14.5. The maximum Gasteiger partial charge on any atom is 0.494 e. The number of rotatable bonds is 10. The van der Waals surface area contributed by atoms with Crippen molar-refractivity contribution in [2.45, 2.75) is 38.9 Å². The molecule has 462 valence electrons. The summed E-state index contributed by atoms with van der Waals surface area (Å²) in [5.74, 6) is 3.92. The Hall–Kier alpha value is -10.6. The number of aromatic nitrogens is 6. The van der Waals surface area contributed by atoms with E-state index in [1.54, 1.807) is 0 Å². The van der Waals surface area contributed by atoms with E-state index < -0.39 is 0 Å². The lowest BCUT2D eigenvalue weighted by Gasteiger charge is -2.32. The number of halogens is 1. The number of thiophene rings is 2. The highest BCUT2D eigenvalue weighted by molar-refractivity contribution is 7.26. The van der Waals surface area contributed by atoms with Gasteiger partial charge in [0.2, 0.25) is 0 Å². The Kier molecular flexibility index (Phi) is 17.1. The Balaban J connectivity index is 0.000000124. The highest BCUT2D eigenvalue weighted by atomic mass is 35.5. The highest BCUT2D eigenvalue weighted by Gasteiger charge is 2.51. The van der Waals surface area contributed by atoms with E-state index in [9.17, 15) is 0 Å². The Morgan fingerprint density at radius 2 is 0.583 bits per heavy atom. The number of nitrogens with zero attached hydrogens (tertiary/aromatic N) is 6. The standard InChI is InChI=1S/C39H25N3S.C24H23BO2S.C21H14ClN3/c1-3-11-27(12-4-1)37-40-38(28-13-5-2-6-14-28)42-39(41-37)29-23-21-26(22-24-29)30-15-9-16-31(25-30)32-18-10-19-34-33-17-7-8-20-35(33)43-36(32)34;1-23(2)24(3,4)27-25(26-23)17-10-7-9-16(15-17)18-12-8-13-20-19-11-5-6-14-21(19)28-22(18)20;22-18-13-11-17(12-14-18)21-24-19(15-7-3-1-4-8-15)23-20(25-21)16-9-5-2-6-10-16/h1-25H;5-15H,1-4H3;1-14H. The highest BCUT2D eigenvalue weighted by Crippen LogP contribution is 2.43. The summed E-state index contributed by atoms with van der Waals surface area (Å²) >= 11 is 9.72. The van der Waals surface area contributed by atoms with E-state index >= 15 is 0 Å². The molecule has 12 aromatic carbocycles. The predicted molar refractivity (Wildman–Crippen MR) is 402 cm³/mol. The fourth-order valence-electron chi connectivity index (χ4n) is 11.9. The van der Waals surface area contributed by atoms with Crippen LogP contribution in [0.15, 0.2) is 303 Å². The molecule has 17 rings (SSSR count). The van der Waals surface area contributed by atoms with Crippen LogP contribution in [-0.4, -0.2) is 48.2 Å². The number of fused-ring (bicyclic) bond motifs is 6. The van der Waals surface area contributed by atoms with E-state index in [2.05, 4.69) is 200 Å². The molecule has 8 nitrogen and oxygen atoms in total. The van der Waals surface area contributed by atoms with E-state index in [1.807, 2.05) is 168 Å². The fraction of sp³-hybridized carbons (Fsp3) is 0.0714. The first-order valence-corrected chi connectivity index (χ1v) is 33.9. The maximum absolute atomic E-state index is 6.26. The minimum atomic E-state index is -0.341. The molecule has 16 aromatic rings. The topological polar surface area (TPSA) is 95.8 Å². The van der Waals surface area contributed by atoms with Gasteiger partial charge < -0.3 is 9.31 Å². The monoisotopic (exact) mass is 1300 g/mol. The molecular formula is C84H62BClN6O2S2. The summed E-state index contributed by atoms with van der Waals surface area (Å²) in [6.45, 7) is 8.37. The third-order valence-electron chi connectivity index (χ3n) is 17.7. The van der Waals surface area contributed by atoms with Crippen LogP contribution in [0.5, 0.6) is 0 Å². The zero-order valence-electron chi connectivity index (χ0n) is 53.1. The molecule has 0 saturated carbocycles. The van der Waals surface area contributed by atoms with Crippen molar-refractivity contribution in [2.75, 3.05) is 0 Å². The molecule has 1 saturated heterocycles. The average molecular weight is 1300 g/mol. The second-order valence-electron chi connectivity index (χ2n) is 24.5. The van der Waals surface area contributed by atoms with Gasteiger partial charge in [0.15, 0.2) is 34.9 Å². The molecule has 12 heteroatoms. The van der Waals surface area contributed by atoms with Crippen molar-refractivity contribution in [1.82, 2.24) is 29.9 Å². The van der Waals surface area contributed by atoms with E-state index in [0.29, 0.717) is 40.0 Å². The van der Waals surface area contributed by atoms with Crippen molar-refractivity contribution in [2.24, 2.45) is 0 Å². The summed E-state index contributed by atoms with van der Waals surface area (Å²) in [6, 6.07) is 104. The maximum atomic E-state index is 6.26. The van der Waals surface area contributed by atoms with E-state index in [1.165, 1.54) is 68.2 Å². The van der Waals surface area contributed by atoms with Gasteiger partial charge in [0, 0.05) is 78.7 Å². The van der Waals surface area contributed by atoms with Crippen molar-refractivity contribution >= 4 is 87.2 Å². The van der Waals surface area contributed by atoms with Crippen molar-refractivity contribution < 1.29 is 9.31 Å². The molecule has 1 fully saturated rings. The summed E-state index contributed by atoms with van der Waals surface area (Å²) < 4.78 is 17.8. The first-order chi connectivity index (χ1) is 46.9. The third kappa shape index (κ3) is 12.8. The van der Waals surface area contributed by atoms with Crippen LogP contribution < -0.4 is 5.46 Å². The third-order valence-corrected chi connectivity index (χ3v) is 20.4. The smallest absolute Gasteiger partial charge is 0.399 e. The zero-order valence-corrected chi connectivity index (χ0v) is 55.5. The van der Waals surface area contributed by atoms with E-state index in [0.717, 1.165) is 44.4 Å². The van der Waals surface area contributed by atoms with Crippen molar-refractivity contribution in [3.05, 3.63) is 308 Å². The molecule has 5 heterocycles. The van der Waals surface area contributed by atoms with Crippen LogP contribution in [0.4, 0.5) is 0 Å². The molecular weight excluding hydrogens is 1240 g/mol. The summed E-state index contributed by atoms with van der Waals surface area (Å²) in [4.78, 5) is 28.6. The largest absolute Gasteiger partial charge is 0.494 e. The molecule has 0 amide bonds. The quantitative estimate of drug-likeness (QED) is 0.125. The van der Waals surface area contributed by atoms with Gasteiger partial charge in [-0.25, -0.2) is 29.9 Å². The minimum absolute atomic E-state index is 0.334. The normalized spacial score (nSPS) is 13.1. The Morgan fingerprint density at radius 1 is 0.281 bits per heavy atom. The van der Waals surface area contributed by atoms with Crippen LogP contribution >= 0.6 is 34.3 Å². The second-order valence-corrected chi connectivity index (χ2v) is 27.1. The minimum Gasteiger partial charge on any atom is -0.399 e. The Bertz CT molecular complexity index is 5310. The first kappa shape index (κ1) is 61.5. The van der Waals surface area contributed by atoms with Gasteiger partial charge in [-0.1, -0.05) is 272 Å². The summed E-state index contributed by atoms with van der Waals surface area (Å²) in [6.07, 6.45) is 0. The number of hydrogen-bond acceptors (Lipinski definition) is 10. The van der Waals surface area contributed by atoms with Gasteiger partial charge in [-0.2, -0.15) is 0 Å². The Morgan fingerprint density at radius 3 is 1.00 bits per heavy atom. The lowest BCUT2D eigenvalue weighted by atomic mass is 9.78. The molecule has 0 aliphatic carbocycles. The van der Waals surface area contributed by atoms with E-state index in [4.69, 9.17) is 35.9 Å². The molecule has 0 unspecified atom stereocenters. The van der Waals surface area contributed by atoms with Crippen LogP contribution in [0.2, 0.25) is 5.02 Å². The molecule has 0 radical (unpaired) electrons. The SMILES string of the molecule is CC1(C)OB(c2cccc(-c3cccc4c3sc3ccccc34)c2)OC1(C)C.Clc1ccc(-c2nc(-c3ccccc3)nc(-c3ccccc3)n2)cc1.c1ccc(-c2nc(-c3ccccc3)nc(-c3ccc(-c4cccc(-c5cccc6c5sc5ccccc56)c4)cc3)n2)cc1. The van der Waals surface area contributed by atoms with Gasteiger partial charge in [-0.15, -0.1) is 22.7 Å². The van der Waals surface area contributed by atoms with Crippen LogP contribution in [0, 0.1) is 0 Å². The first-order valence-electron chi connectivity index (χ1n) is 31.9. The zero-order chi connectivity index (χ0) is 65.2. The van der Waals surface area contributed by atoms with Crippen LogP contribution in [0.1, 0.15) is 27.7 Å². The van der Waals surface area contributed by atoms with Gasteiger partial charge in [0.1, 0.15) is 0 Å². The van der Waals surface area contributed by atoms with Crippen molar-refractivity contribution in [3.8, 4) is 102 Å². The summed E-state index contributed by atoms with van der Waals surface area (Å²) in [7, 11) is -0.341. The Labute approximate surface area is 571 Å². The van der Waals surface area contributed by atoms with Crippen LogP contribution in [-0.2, 0) is 9.31 Å².